The zero-order valence-electron chi connectivity index (χ0n) is 33.0. The number of esters is 1. The second-order valence-electron chi connectivity index (χ2n) is 15.8. The smallest absolute Gasteiger partial charge is 0.429 e. The number of hydrogen-bond acceptors (Lipinski definition) is 12. The quantitative estimate of drug-likeness (QED) is 0.294. The molecule has 14 nitrogen and oxygen atoms in total. The van der Waals surface area contributed by atoms with Gasteiger partial charge in [-0.3, -0.25) is 24.6 Å². The number of nitrogens with zero attached hydrogens (tertiary/aromatic N) is 2. The summed E-state index contributed by atoms with van der Waals surface area (Å²) in [6, 6.07) is 7.58. The van der Waals surface area contributed by atoms with Gasteiger partial charge in [-0.25, -0.2) is 9.80 Å². The lowest BCUT2D eigenvalue weighted by atomic mass is 9.73. The van der Waals surface area contributed by atoms with Crippen molar-refractivity contribution in [1.82, 2.24) is 15.3 Å². The summed E-state index contributed by atoms with van der Waals surface area (Å²) in [7, 11) is 5.16. The Balaban J connectivity index is 1.76. The number of rotatable bonds is 8. The number of carbonyl (C=O) groups excluding carboxylic acids is 5. The molecular weight excluding hydrogens is 686 g/mol. The normalized spacial score (nSPS) is 38.9. The van der Waals surface area contributed by atoms with Crippen LogP contribution in [0.3, 0.4) is 0 Å². The summed E-state index contributed by atoms with van der Waals surface area (Å²) in [6.07, 6.45) is -4.87. The molecule has 1 aromatic rings. The molecule has 13 atom stereocenters. The first kappa shape index (κ1) is 42.3. The van der Waals surface area contributed by atoms with E-state index in [9.17, 15) is 29.1 Å². The highest BCUT2D eigenvalue weighted by atomic mass is 16.7. The highest BCUT2D eigenvalue weighted by molar-refractivity contribution is 6.00. The first-order valence-electron chi connectivity index (χ1n) is 18.6. The van der Waals surface area contributed by atoms with E-state index in [1.54, 1.807) is 65.8 Å². The number of likely N-dealkylation sites (N-methyl/N-ethyl adjacent to an activating group) is 1. The Kier molecular flexibility index (Phi) is 13.5. The second kappa shape index (κ2) is 16.9. The summed E-state index contributed by atoms with van der Waals surface area (Å²) in [5.74, 6) is -6.11. The van der Waals surface area contributed by atoms with Gasteiger partial charge < -0.3 is 33.7 Å². The van der Waals surface area contributed by atoms with Crippen molar-refractivity contribution in [3.63, 3.8) is 0 Å². The molecule has 3 aliphatic heterocycles. The average Bonchev–Trinajstić information content (AvgIpc) is 3.37. The second-order valence-corrected chi connectivity index (χ2v) is 15.8. The van der Waals surface area contributed by atoms with Gasteiger partial charge in [-0.15, -0.1) is 0 Å². The van der Waals surface area contributed by atoms with Crippen LogP contribution in [-0.2, 0) is 49.3 Å². The maximum absolute atomic E-state index is 14.6. The fourth-order valence-corrected chi connectivity index (χ4v) is 8.44. The van der Waals surface area contributed by atoms with Gasteiger partial charge in [0.05, 0.1) is 24.2 Å². The standard InChI is InChI=1S/C39H59N3O11/c1-12-28-39(8)33(42(37(48)53-39)40-29(43)19-26-16-14-13-15-17-26)23(4)30(44)21(2)20-38(7,49-11)34(24(5)31(45)25(6)35(47)51-28)52-36-32(46)27(41(9)10)18-22(3)50-36/h13-17,21-25,27-28,32-34,36,46H,12,18-20H2,1-11H3,(H,40,43)/t21-,22-,23-,24+,25-,27+,28+,32-,33-,34-,36+,38-,39-/m1/s1. The number of fused-ring (bicyclic) bond motifs is 1. The molecule has 296 valence electrons. The van der Waals surface area contributed by atoms with Gasteiger partial charge in [-0.05, 0) is 66.6 Å². The fraction of sp³-hybridized carbons (Fsp3) is 0.718. The maximum atomic E-state index is 14.6. The molecule has 3 saturated heterocycles. The molecule has 1 aromatic carbocycles. The Morgan fingerprint density at radius 2 is 1.66 bits per heavy atom. The van der Waals surface area contributed by atoms with E-state index in [2.05, 4.69) is 5.43 Å². The van der Waals surface area contributed by atoms with Gasteiger partial charge in [0, 0.05) is 30.9 Å². The molecule has 0 aliphatic carbocycles. The van der Waals surface area contributed by atoms with Crippen LogP contribution in [0.4, 0.5) is 4.79 Å². The first-order valence-corrected chi connectivity index (χ1v) is 18.6. The van der Waals surface area contributed by atoms with Crippen molar-refractivity contribution < 1.29 is 52.8 Å². The number of aliphatic hydroxyl groups excluding tert-OH is 1. The lowest BCUT2D eigenvalue weighted by Gasteiger charge is -2.47. The minimum Gasteiger partial charge on any atom is -0.457 e. The van der Waals surface area contributed by atoms with Crippen molar-refractivity contribution in [2.24, 2.45) is 23.7 Å². The summed E-state index contributed by atoms with van der Waals surface area (Å²) < 4.78 is 30.7. The third kappa shape index (κ3) is 8.77. The molecule has 3 aliphatic rings. The van der Waals surface area contributed by atoms with Crippen molar-refractivity contribution in [3.05, 3.63) is 35.9 Å². The summed E-state index contributed by atoms with van der Waals surface area (Å²) in [5.41, 5.74) is 0.458. The number of benzene rings is 1. The van der Waals surface area contributed by atoms with Crippen LogP contribution < -0.4 is 5.43 Å². The highest BCUT2D eigenvalue weighted by Crippen LogP contribution is 2.42. The van der Waals surface area contributed by atoms with Gasteiger partial charge >= 0.3 is 12.1 Å². The van der Waals surface area contributed by atoms with Gasteiger partial charge in [-0.1, -0.05) is 58.0 Å². The molecule has 0 bridgehead atoms. The highest BCUT2D eigenvalue weighted by Gasteiger charge is 2.61. The van der Waals surface area contributed by atoms with E-state index in [1.807, 2.05) is 32.0 Å². The fourth-order valence-electron chi connectivity index (χ4n) is 8.44. The van der Waals surface area contributed by atoms with Crippen molar-refractivity contribution in [3.8, 4) is 0 Å². The van der Waals surface area contributed by atoms with Crippen molar-refractivity contribution in [2.45, 2.75) is 135 Å². The third-order valence-electron chi connectivity index (χ3n) is 11.5. The van der Waals surface area contributed by atoms with Gasteiger partial charge in [0.1, 0.15) is 30.0 Å². The Morgan fingerprint density at radius 3 is 2.25 bits per heavy atom. The van der Waals surface area contributed by atoms with E-state index in [-0.39, 0.29) is 37.2 Å². The largest absolute Gasteiger partial charge is 0.457 e. The number of aliphatic hydroxyl groups is 1. The maximum Gasteiger partial charge on any atom is 0.429 e. The van der Waals surface area contributed by atoms with Crippen LogP contribution in [0.2, 0.25) is 0 Å². The molecule has 0 unspecified atom stereocenters. The zero-order chi connectivity index (χ0) is 39.6. The number of hydrogen-bond donors (Lipinski definition) is 2. The minimum atomic E-state index is -1.60. The third-order valence-corrected chi connectivity index (χ3v) is 11.5. The zero-order valence-corrected chi connectivity index (χ0v) is 33.0. The van der Waals surface area contributed by atoms with E-state index in [4.69, 9.17) is 23.7 Å². The molecule has 14 heteroatoms. The molecular formula is C39H59N3O11. The van der Waals surface area contributed by atoms with Gasteiger partial charge in [-0.2, -0.15) is 0 Å². The number of nitrogens with one attached hydrogen (secondary N) is 1. The Morgan fingerprint density at radius 1 is 1.02 bits per heavy atom. The summed E-state index contributed by atoms with van der Waals surface area (Å²) in [4.78, 5) is 71.4. The van der Waals surface area contributed by atoms with Crippen LogP contribution >= 0.6 is 0 Å². The molecule has 2 N–H and O–H groups in total. The van der Waals surface area contributed by atoms with Crippen LogP contribution in [0.1, 0.15) is 80.2 Å². The number of methoxy groups -OCH3 is 1. The predicted octanol–water partition coefficient (Wildman–Crippen LogP) is 3.46. The van der Waals surface area contributed by atoms with Gasteiger partial charge in [0.2, 0.25) is 5.91 Å². The van der Waals surface area contributed by atoms with Crippen molar-refractivity contribution >= 4 is 29.5 Å². The van der Waals surface area contributed by atoms with E-state index in [0.717, 1.165) is 5.01 Å². The van der Waals surface area contributed by atoms with Gasteiger partial charge in [0.15, 0.2) is 17.7 Å². The monoisotopic (exact) mass is 745 g/mol. The molecule has 2 amide bonds. The molecule has 0 spiro atoms. The van der Waals surface area contributed by atoms with Crippen LogP contribution in [-0.4, -0.2) is 120 Å². The molecule has 4 rings (SSSR count). The number of ketones is 2. The molecule has 0 aromatic heterocycles. The van der Waals surface area contributed by atoms with E-state index >= 15 is 0 Å². The lowest BCUT2D eigenvalue weighted by molar-refractivity contribution is -0.295. The number of Topliss-reactive ketones (excluding diaryl/α,β-unsaturated/α-hetero) is 2. The molecule has 3 heterocycles. The number of hydrazine groups is 1. The SMILES string of the molecule is CC[C@@H]1OC(=O)[C@H](C)C(=O)[C@H](C)[C@@H](O[C@@H]2O[C@H](C)C[C@H](N(C)C)[C@H]2O)[C@](C)(OC)C[C@@H](C)C(=O)[C@@H](C)[C@H]2N(NC(=O)Cc3ccccc3)C(=O)O[C@]12C. The number of carbonyl (C=O) groups is 5. The summed E-state index contributed by atoms with van der Waals surface area (Å²) in [6.45, 7) is 13.4. The van der Waals surface area contributed by atoms with Crippen LogP contribution in [0, 0.1) is 23.7 Å². The Hall–Kier alpha value is -3.43. The van der Waals surface area contributed by atoms with Crippen LogP contribution in [0.15, 0.2) is 30.3 Å². The molecule has 53 heavy (non-hydrogen) atoms. The van der Waals surface area contributed by atoms with E-state index < -0.39 is 89.3 Å². The number of cyclic esters (lactones) is 1. The van der Waals surface area contributed by atoms with E-state index in [1.165, 1.54) is 14.0 Å². The lowest BCUT2D eigenvalue weighted by Crippen LogP contribution is -2.61. The number of amides is 2. The predicted molar refractivity (Wildman–Crippen MR) is 193 cm³/mol. The topological polar surface area (TPSA) is 170 Å². The Bertz CT molecular complexity index is 1490. The van der Waals surface area contributed by atoms with Crippen molar-refractivity contribution in [1.29, 1.82) is 0 Å². The molecule has 0 saturated carbocycles. The summed E-state index contributed by atoms with van der Waals surface area (Å²) in [5, 5.41) is 12.4. The van der Waals surface area contributed by atoms with Crippen LogP contribution in [0.25, 0.3) is 0 Å². The first-order chi connectivity index (χ1) is 24.8. The molecule has 0 radical (unpaired) electrons. The average molecular weight is 746 g/mol. The van der Waals surface area contributed by atoms with E-state index in [0.29, 0.717) is 12.0 Å². The number of ether oxygens (including phenoxy) is 5. The molecule has 3 fully saturated rings. The van der Waals surface area contributed by atoms with Crippen LogP contribution in [0.5, 0.6) is 0 Å². The Labute approximate surface area is 313 Å². The van der Waals surface area contributed by atoms with Crippen molar-refractivity contribution in [2.75, 3.05) is 21.2 Å². The summed E-state index contributed by atoms with van der Waals surface area (Å²) >= 11 is 0. The minimum absolute atomic E-state index is 0.0438. The van der Waals surface area contributed by atoms with Gasteiger partial charge in [0.25, 0.3) is 0 Å².